The van der Waals surface area contributed by atoms with Gasteiger partial charge in [-0.3, -0.25) is 0 Å². The van der Waals surface area contributed by atoms with Gasteiger partial charge in [0.2, 0.25) is 0 Å². The van der Waals surface area contributed by atoms with E-state index in [9.17, 15) is 5.11 Å². The summed E-state index contributed by atoms with van der Waals surface area (Å²) in [5.41, 5.74) is 1.54. The lowest BCUT2D eigenvalue weighted by molar-refractivity contribution is 0.219. The number of phenolic OH excluding ortho intramolecular Hbond substituents is 1. The number of aromatic hydroxyl groups is 1. The van der Waals surface area contributed by atoms with Crippen LogP contribution in [0.3, 0.4) is 0 Å². The lowest BCUT2D eigenvalue weighted by atomic mass is 9.71. The summed E-state index contributed by atoms with van der Waals surface area (Å²) < 4.78 is 0. The highest BCUT2D eigenvalue weighted by Gasteiger charge is 2.33. The standard InChI is InChI=1S/C13H19NO/c1-13(2)9-14-7-6-12(13)10-4-3-5-11(15)8-10/h3-5,8,12,14-15H,6-7,9H2,1-2H3. The van der Waals surface area contributed by atoms with Crippen LogP contribution in [0.15, 0.2) is 24.3 Å². The summed E-state index contributed by atoms with van der Waals surface area (Å²) in [6.07, 6.45) is 1.15. The molecule has 15 heavy (non-hydrogen) atoms. The molecule has 1 aromatic carbocycles. The van der Waals surface area contributed by atoms with Crippen molar-refractivity contribution in [3.63, 3.8) is 0 Å². The van der Waals surface area contributed by atoms with E-state index in [0.717, 1.165) is 19.5 Å². The van der Waals surface area contributed by atoms with Crippen molar-refractivity contribution >= 4 is 0 Å². The summed E-state index contributed by atoms with van der Waals surface area (Å²) in [6, 6.07) is 7.69. The van der Waals surface area contributed by atoms with E-state index in [2.05, 4.69) is 25.2 Å². The highest BCUT2D eigenvalue weighted by Crippen LogP contribution is 2.40. The molecule has 1 fully saturated rings. The molecule has 0 aliphatic carbocycles. The Morgan fingerprint density at radius 1 is 1.40 bits per heavy atom. The van der Waals surface area contributed by atoms with Gasteiger partial charge in [0, 0.05) is 6.54 Å². The third kappa shape index (κ3) is 2.15. The minimum absolute atomic E-state index is 0.270. The van der Waals surface area contributed by atoms with Gasteiger partial charge in [0.1, 0.15) is 5.75 Å². The molecule has 1 saturated heterocycles. The number of nitrogens with one attached hydrogen (secondary N) is 1. The fraction of sp³-hybridized carbons (Fsp3) is 0.538. The Labute approximate surface area is 91.3 Å². The molecular weight excluding hydrogens is 186 g/mol. The number of piperidine rings is 1. The van der Waals surface area contributed by atoms with E-state index in [0.29, 0.717) is 11.7 Å². The summed E-state index contributed by atoms with van der Waals surface area (Å²) in [7, 11) is 0. The van der Waals surface area contributed by atoms with Crippen LogP contribution >= 0.6 is 0 Å². The Hall–Kier alpha value is -1.02. The molecule has 2 N–H and O–H groups in total. The number of hydrogen-bond donors (Lipinski definition) is 2. The van der Waals surface area contributed by atoms with Crippen molar-refractivity contribution < 1.29 is 5.11 Å². The second-order valence-corrected chi connectivity index (χ2v) is 5.10. The molecule has 1 atom stereocenters. The van der Waals surface area contributed by atoms with Crippen molar-refractivity contribution in [3.05, 3.63) is 29.8 Å². The fourth-order valence-corrected chi connectivity index (χ4v) is 2.53. The summed E-state index contributed by atoms with van der Waals surface area (Å²) in [5, 5.41) is 12.9. The van der Waals surface area contributed by atoms with Gasteiger partial charge >= 0.3 is 0 Å². The first kappa shape index (κ1) is 10.5. The lowest BCUT2D eigenvalue weighted by Gasteiger charge is -2.39. The van der Waals surface area contributed by atoms with Crippen molar-refractivity contribution in [3.8, 4) is 5.75 Å². The molecule has 1 heterocycles. The van der Waals surface area contributed by atoms with Crippen LogP contribution in [0.2, 0.25) is 0 Å². The molecule has 0 aromatic heterocycles. The van der Waals surface area contributed by atoms with Crippen LogP contribution < -0.4 is 5.32 Å². The van der Waals surface area contributed by atoms with E-state index in [4.69, 9.17) is 0 Å². The quantitative estimate of drug-likeness (QED) is 0.738. The molecule has 1 aliphatic heterocycles. The van der Waals surface area contributed by atoms with Gasteiger partial charge in [-0.05, 0) is 42.0 Å². The Balaban J connectivity index is 2.29. The molecule has 1 unspecified atom stereocenters. The topological polar surface area (TPSA) is 32.3 Å². The molecule has 0 amide bonds. The maximum Gasteiger partial charge on any atom is 0.115 e. The normalized spacial score (nSPS) is 25.1. The average molecular weight is 205 g/mol. The molecule has 0 saturated carbocycles. The zero-order valence-electron chi connectivity index (χ0n) is 9.46. The predicted octanol–water partition coefficient (Wildman–Crippen LogP) is 2.50. The van der Waals surface area contributed by atoms with Crippen LogP contribution in [0.25, 0.3) is 0 Å². The van der Waals surface area contributed by atoms with E-state index in [1.54, 1.807) is 6.07 Å². The van der Waals surface area contributed by atoms with Gasteiger partial charge < -0.3 is 10.4 Å². The van der Waals surface area contributed by atoms with Crippen molar-refractivity contribution in [1.82, 2.24) is 5.32 Å². The van der Waals surface area contributed by atoms with Crippen LogP contribution in [0.4, 0.5) is 0 Å². The van der Waals surface area contributed by atoms with Gasteiger partial charge in [-0.15, -0.1) is 0 Å². The number of benzene rings is 1. The minimum Gasteiger partial charge on any atom is -0.508 e. The molecule has 0 bridgehead atoms. The van der Waals surface area contributed by atoms with Crippen LogP contribution in [0.1, 0.15) is 31.7 Å². The zero-order chi connectivity index (χ0) is 10.9. The van der Waals surface area contributed by atoms with Crippen LogP contribution in [0, 0.1) is 5.41 Å². The Bertz CT molecular complexity index is 346. The van der Waals surface area contributed by atoms with Crippen molar-refractivity contribution in [2.75, 3.05) is 13.1 Å². The molecule has 2 rings (SSSR count). The van der Waals surface area contributed by atoms with Crippen LogP contribution in [0.5, 0.6) is 5.75 Å². The molecule has 2 nitrogen and oxygen atoms in total. The highest BCUT2D eigenvalue weighted by molar-refractivity contribution is 5.31. The van der Waals surface area contributed by atoms with E-state index >= 15 is 0 Å². The molecule has 2 heteroatoms. The second-order valence-electron chi connectivity index (χ2n) is 5.10. The van der Waals surface area contributed by atoms with Crippen molar-refractivity contribution in [2.45, 2.75) is 26.2 Å². The molecule has 0 radical (unpaired) electrons. The van der Waals surface area contributed by atoms with Crippen LogP contribution in [-0.4, -0.2) is 18.2 Å². The van der Waals surface area contributed by atoms with Crippen molar-refractivity contribution in [2.24, 2.45) is 5.41 Å². The smallest absolute Gasteiger partial charge is 0.115 e. The van der Waals surface area contributed by atoms with Gasteiger partial charge in [-0.25, -0.2) is 0 Å². The average Bonchev–Trinajstić information content (AvgIpc) is 2.17. The third-order valence-corrected chi connectivity index (χ3v) is 3.41. The first-order valence-corrected chi connectivity index (χ1v) is 5.59. The van der Waals surface area contributed by atoms with Crippen molar-refractivity contribution in [1.29, 1.82) is 0 Å². The maximum absolute atomic E-state index is 9.50. The zero-order valence-corrected chi connectivity index (χ0v) is 9.46. The summed E-state index contributed by atoms with van der Waals surface area (Å²) in [5.74, 6) is 0.924. The van der Waals surface area contributed by atoms with Gasteiger partial charge in [-0.2, -0.15) is 0 Å². The Morgan fingerprint density at radius 2 is 2.20 bits per heavy atom. The van der Waals surface area contributed by atoms with Gasteiger partial charge in [0.25, 0.3) is 0 Å². The summed E-state index contributed by atoms with van der Waals surface area (Å²) in [6.45, 7) is 6.69. The third-order valence-electron chi connectivity index (χ3n) is 3.41. The van der Waals surface area contributed by atoms with Crippen LogP contribution in [-0.2, 0) is 0 Å². The first-order valence-electron chi connectivity index (χ1n) is 5.59. The molecule has 82 valence electrons. The molecule has 1 aromatic rings. The van der Waals surface area contributed by atoms with E-state index < -0.39 is 0 Å². The van der Waals surface area contributed by atoms with Gasteiger partial charge in [0.05, 0.1) is 0 Å². The highest BCUT2D eigenvalue weighted by atomic mass is 16.3. The molecular formula is C13H19NO. The van der Waals surface area contributed by atoms with E-state index in [-0.39, 0.29) is 5.41 Å². The minimum atomic E-state index is 0.270. The second kappa shape index (κ2) is 3.86. The number of phenols is 1. The fourth-order valence-electron chi connectivity index (χ4n) is 2.53. The summed E-state index contributed by atoms with van der Waals surface area (Å²) in [4.78, 5) is 0. The Morgan fingerprint density at radius 3 is 2.87 bits per heavy atom. The number of rotatable bonds is 1. The van der Waals surface area contributed by atoms with E-state index in [1.165, 1.54) is 5.56 Å². The Kier molecular flexibility index (Phi) is 2.70. The SMILES string of the molecule is CC1(C)CNCCC1c1cccc(O)c1. The predicted molar refractivity (Wildman–Crippen MR) is 62.1 cm³/mol. The number of hydrogen-bond acceptors (Lipinski definition) is 2. The first-order chi connectivity index (χ1) is 7.09. The lowest BCUT2D eigenvalue weighted by Crippen LogP contribution is -2.41. The monoisotopic (exact) mass is 205 g/mol. The summed E-state index contributed by atoms with van der Waals surface area (Å²) >= 11 is 0. The van der Waals surface area contributed by atoms with E-state index in [1.807, 2.05) is 12.1 Å². The van der Waals surface area contributed by atoms with Gasteiger partial charge in [0.15, 0.2) is 0 Å². The molecule has 0 spiro atoms. The van der Waals surface area contributed by atoms with Gasteiger partial charge in [-0.1, -0.05) is 26.0 Å². The maximum atomic E-state index is 9.50. The molecule has 1 aliphatic rings. The largest absolute Gasteiger partial charge is 0.508 e.